The lowest BCUT2D eigenvalue weighted by atomic mass is 10.1. The van der Waals surface area contributed by atoms with Crippen LogP contribution < -0.4 is 10.1 Å². The zero-order valence-electron chi connectivity index (χ0n) is 15.0. The van der Waals surface area contributed by atoms with Gasteiger partial charge >= 0.3 is 0 Å². The largest absolute Gasteiger partial charge is 0.481 e. The normalized spacial score (nSPS) is 11.8. The molecular formula is C20H21N3O3. The molecule has 0 bridgehead atoms. The molecular weight excluding hydrogens is 330 g/mol. The van der Waals surface area contributed by atoms with Gasteiger partial charge in [-0.05, 0) is 44.0 Å². The Morgan fingerprint density at radius 3 is 2.65 bits per heavy atom. The number of amides is 1. The van der Waals surface area contributed by atoms with Gasteiger partial charge < -0.3 is 14.6 Å². The first-order chi connectivity index (χ1) is 12.5. The van der Waals surface area contributed by atoms with Gasteiger partial charge in [-0.25, -0.2) is 0 Å². The minimum absolute atomic E-state index is 0.152. The van der Waals surface area contributed by atoms with Crippen LogP contribution in [0.4, 0.5) is 0 Å². The van der Waals surface area contributed by atoms with Crippen molar-refractivity contribution < 1.29 is 14.1 Å². The van der Waals surface area contributed by atoms with E-state index in [1.165, 1.54) is 5.56 Å². The van der Waals surface area contributed by atoms with Crippen molar-refractivity contribution in [1.29, 1.82) is 0 Å². The van der Waals surface area contributed by atoms with E-state index in [2.05, 4.69) is 15.5 Å². The predicted molar refractivity (Wildman–Crippen MR) is 97.6 cm³/mol. The Bertz CT molecular complexity index is 890. The molecule has 0 saturated heterocycles. The second-order valence-corrected chi connectivity index (χ2v) is 6.10. The van der Waals surface area contributed by atoms with Crippen LogP contribution in [0.15, 0.2) is 53.1 Å². The maximum atomic E-state index is 12.2. The number of hydrogen-bond acceptors (Lipinski definition) is 5. The van der Waals surface area contributed by atoms with E-state index in [-0.39, 0.29) is 12.5 Å². The molecule has 0 aliphatic carbocycles. The maximum absolute atomic E-state index is 12.2. The van der Waals surface area contributed by atoms with Gasteiger partial charge in [-0.15, -0.1) is 0 Å². The highest BCUT2D eigenvalue weighted by atomic mass is 16.5. The molecule has 1 aromatic heterocycles. The summed E-state index contributed by atoms with van der Waals surface area (Å²) >= 11 is 0. The van der Waals surface area contributed by atoms with Gasteiger partial charge in [0.2, 0.25) is 11.7 Å². The molecule has 0 aliphatic heterocycles. The standard InChI is InChI=1S/C20H21N3O3/c1-13-9-10-17(11-14(13)2)25-15(3)20(24)21-12-18-22-19(23-26-18)16-7-5-4-6-8-16/h4-11,15H,12H2,1-3H3,(H,21,24)/t15-/m0/s1. The Balaban J connectivity index is 1.55. The second kappa shape index (κ2) is 7.82. The molecule has 0 fully saturated rings. The van der Waals surface area contributed by atoms with Gasteiger partial charge in [0.25, 0.3) is 5.91 Å². The van der Waals surface area contributed by atoms with Crippen LogP contribution in [0.3, 0.4) is 0 Å². The minimum atomic E-state index is -0.631. The van der Waals surface area contributed by atoms with Crippen LogP contribution in [-0.2, 0) is 11.3 Å². The lowest BCUT2D eigenvalue weighted by molar-refractivity contribution is -0.127. The summed E-state index contributed by atoms with van der Waals surface area (Å²) in [5.41, 5.74) is 3.16. The molecule has 6 nitrogen and oxygen atoms in total. The summed E-state index contributed by atoms with van der Waals surface area (Å²) in [5, 5.41) is 6.68. The Labute approximate surface area is 152 Å². The van der Waals surface area contributed by atoms with E-state index < -0.39 is 6.10 Å². The van der Waals surface area contributed by atoms with Crippen molar-refractivity contribution in [3.63, 3.8) is 0 Å². The van der Waals surface area contributed by atoms with Gasteiger partial charge in [-0.2, -0.15) is 4.98 Å². The molecule has 0 saturated carbocycles. The van der Waals surface area contributed by atoms with Crippen LogP contribution in [-0.4, -0.2) is 22.2 Å². The summed E-state index contributed by atoms with van der Waals surface area (Å²) in [4.78, 5) is 16.5. The summed E-state index contributed by atoms with van der Waals surface area (Å²) in [6.07, 6.45) is -0.631. The van der Waals surface area contributed by atoms with Crippen molar-refractivity contribution in [3.8, 4) is 17.1 Å². The number of ether oxygens (including phenoxy) is 1. The van der Waals surface area contributed by atoms with Gasteiger partial charge in [0.1, 0.15) is 5.75 Å². The fourth-order valence-corrected chi connectivity index (χ4v) is 2.38. The average molecular weight is 351 g/mol. The van der Waals surface area contributed by atoms with Crippen LogP contribution >= 0.6 is 0 Å². The van der Waals surface area contributed by atoms with Gasteiger partial charge in [0.05, 0.1) is 6.54 Å². The fourth-order valence-electron chi connectivity index (χ4n) is 2.38. The van der Waals surface area contributed by atoms with E-state index in [0.717, 1.165) is 11.1 Å². The van der Waals surface area contributed by atoms with Crippen LogP contribution in [0, 0.1) is 13.8 Å². The molecule has 2 aromatic carbocycles. The van der Waals surface area contributed by atoms with Crippen LogP contribution in [0.2, 0.25) is 0 Å². The first-order valence-corrected chi connectivity index (χ1v) is 8.42. The van der Waals surface area contributed by atoms with E-state index in [4.69, 9.17) is 9.26 Å². The SMILES string of the molecule is Cc1ccc(O[C@@H](C)C(=O)NCc2nc(-c3ccccc3)no2)cc1C. The molecule has 1 N–H and O–H groups in total. The molecule has 0 aliphatic rings. The van der Waals surface area contributed by atoms with Gasteiger partial charge in [-0.1, -0.05) is 41.6 Å². The molecule has 26 heavy (non-hydrogen) atoms. The molecule has 1 atom stereocenters. The summed E-state index contributed by atoms with van der Waals surface area (Å²) in [6, 6.07) is 15.3. The molecule has 0 radical (unpaired) electrons. The number of nitrogens with one attached hydrogen (secondary N) is 1. The van der Waals surface area contributed by atoms with Crippen molar-refractivity contribution in [1.82, 2.24) is 15.5 Å². The smallest absolute Gasteiger partial charge is 0.261 e. The first kappa shape index (κ1) is 17.7. The van der Waals surface area contributed by atoms with Gasteiger partial charge in [0, 0.05) is 5.56 Å². The molecule has 3 rings (SSSR count). The van der Waals surface area contributed by atoms with Crippen molar-refractivity contribution in [2.45, 2.75) is 33.4 Å². The Morgan fingerprint density at radius 2 is 1.92 bits per heavy atom. The molecule has 1 heterocycles. The summed E-state index contributed by atoms with van der Waals surface area (Å²) in [5.74, 6) is 1.26. The van der Waals surface area contributed by atoms with Crippen molar-refractivity contribution in [2.75, 3.05) is 0 Å². The third-order valence-electron chi connectivity index (χ3n) is 4.07. The number of nitrogens with zero attached hydrogens (tertiary/aromatic N) is 2. The van der Waals surface area contributed by atoms with E-state index in [1.54, 1.807) is 6.92 Å². The predicted octanol–water partition coefficient (Wildman–Crippen LogP) is 3.44. The highest BCUT2D eigenvalue weighted by molar-refractivity contribution is 5.80. The van der Waals surface area contributed by atoms with Crippen molar-refractivity contribution in [2.24, 2.45) is 0 Å². The van der Waals surface area contributed by atoms with Crippen LogP contribution in [0.5, 0.6) is 5.75 Å². The molecule has 6 heteroatoms. The topological polar surface area (TPSA) is 77.2 Å². The van der Waals surface area contributed by atoms with Crippen LogP contribution in [0.25, 0.3) is 11.4 Å². The summed E-state index contributed by atoms with van der Waals surface area (Å²) in [7, 11) is 0. The van der Waals surface area contributed by atoms with Gasteiger partial charge in [-0.3, -0.25) is 4.79 Å². The van der Waals surface area contributed by atoms with Crippen molar-refractivity contribution in [3.05, 3.63) is 65.5 Å². The number of aryl methyl sites for hydroxylation is 2. The fraction of sp³-hybridized carbons (Fsp3) is 0.250. The minimum Gasteiger partial charge on any atom is -0.481 e. The van der Waals surface area contributed by atoms with Gasteiger partial charge in [0.15, 0.2) is 6.10 Å². The zero-order valence-corrected chi connectivity index (χ0v) is 15.0. The number of carbonyl (C=O) groups excluding carboxylic acids is 1. The number of aromatic nitrogens is 2. The lowest BCUT2D eigenvalue weighted by Crippen LogP contribution is -2.36. The summed E-state index contributed by atoms with van der Waals surface area (Å²) in [6.45, 7) is 5.89. The van der Waals surface area contributed by atoms with E-state index in [9.17, 15) is 4.79 Å². The van der Waals surface area contributed by atoms with E-state index in [0.29, 0.717) is 17.5 Å². The molecule has 134 valence electrons. The summed E-state index contributed by atoms with van der Waals surface area (Å²) < 4.78 is 10.9. The first-order valence-electron chi connectivity index (χ1n) is 8.42. The van der Waals surface area contributed by atoms with Crippen molar-refractivity contribution >= 4 is 5.91 Å². The Kier molecular flexibility index (Phi) is 5.31. The number of carbonyl (C=O) groups is 1. The Morgan fingerprint density at radius 1 is 1.15 bits per heavy atom. The highest BCUT2D eigenvalue weighted by Crippen LogP contribution is 2.18. The quantitative estimate of drug-likeness (QED) is 0.736. The van der Waals surface area contributed by atoms with E-state index >= 15 is 0 Å². The lowest BCUT2D eigenvalue weighted by Gasteiger charge is -2.15. The second-order valence-electron chi connectivity index (χ2n) is 6.10. The number of hydrogen-bond donors (Lipinski definition) is 1. The molecule has 0 spiro atoms. The monoisotopic (exact) mass is 351 g/mol. The zero-order chi connectivity index (χ0) is 18.5. The molecule has 1 amide bonds. The number of rotatable bonds is 6. The third-order valence-corrected chi connectivity index (χ3v) is 4.07. The van der Waals surface area contributed by atoms with Crippen LogP contribution in [0.1, 0.15) is 23.9 Å². The average Bonchev–Trinajstić information content (AvgIpc) is 3.12. The maximum Gasteiger partial charge on any atom is 0.261 e. The molecule has 3 aromatic rings. The van der Waals surface area contributed by atoms with E-state index in [1.807, 2.05) is 62.4 Å². The Hall–Kier alpha value is -3.15. The highest BCUT2D eigenvalue weighted by Gasteiger charge is 2.16. The third kappa shape index (κ3) is 4.27. The number of benzene rings is 2. The molecule has 0 unspecified atom stereocenters.